The molecule has 4 aromatic rings. The number of amides is 2. The first-order valence-corrected chi connectivity index (χ1v) is 15.5. The molecule has 3 aromatic carbocycles. The molecule has 1 aliphatic rings. The first kappa shape index (κ1) is 33.0. The van der Waals surface area contributed by atoms with Gasteiger partial charge >= 0.3 is 0 Å². The van der Waals surface area contributed by atoms with Gasteiger partial charge in [0.2, 0.25) is 5.89 Å². The Hall–Kier alpha value is -4.41. The zero-order valence-corrected chi connectivity index (χ0v) is 26.3. The molecule has 0 aliphatic carbocycles. The predicted molar refractivity (Wildman–Crippen MR) is 171 cm³/mol. The minimum Gasteiger partial charge on any atom is -0.446 e. The fraction of sp³-hybridized carbons (Fsp3) is 0.361. The summed E-state index contributed by atoms with van der Waals surface area (Å²) < 4.78 is 33.2. The molecule has 0 spiro atoms. The summed E-state index contributed by atoms with van der Waals surface area (Å²) >= 11 is 0. The molecule has 0 bridgehead atoms. The zero-order valence-electron chi connectivity index (χ0n) is 26.3. The van der Waals surface area contributed by atoms with Crippen molar-refractivity contribution in [2.45, 2.75) is 70.7 Å². The van der Waals surface area contributed by atoms with Crippen molar-refractivity contribution in [3.05, 3.63) is 124 Å². The van der Waals surface area contributed by atoms with Crippen LogP contribution >= 0.6 is 0 Å². The number of nitrogens with one attached hydrogen (secondary N) is 2. The van der Waals surface area contributed by atoms with Crippen molar-refractivity contribution < 1.29 is 27.9 Å². The van der Waals surface area contributed by atoms with Crippen LogP contribution in [0.15, 0.2) is 83.5 Å². The van der Waals surface area contributed by atoms with Gasteiger partial charge in [-0.15, -0.1) is 0 Å². The largest absolute Gasteiger partial charge is 0.446 e. The van der Waals surface area contributed by atoms with E-state index < -0.39 is 24.0 Å². The van der Waals surface area contributed by atoms with E-state index in [9.17, 15) is 23.5 Å². The molecule has 5 rings (SSSR count). The second-order valence-corrected chi connectivity index (χ2v) is 12.1. The van der Waals surface area contributed by atoms with Crippen LogP contribution in [0.4, 0.5) is 8.78 Å². The molecule has 1 saturated heterocycles. The van der Waals surface area contributed by atoms with E-state index in [0.29, 0.717) is 41.1 Å². The summed E-state index contributed by atoms with van der Waals surface area (Å²) in [6, 6.07) is 19.8. The molecule has 0 radical (unpaired) electrons. The van der Waals surface area contributed by atoms with E-state index in [1.807, 2.05) is 37.3 Å². The molecule has 0 unspecified atom stereocenters. The molecular formula is C36H40F2N4O4. The number of hydrogen-bond acceptors (Lipinski definition) is 6. The summed E-state index contributed by atoms with van der Waals surface area (Å²) in [5.41, 5.74) is 3.66. The normalized spacial score (nSPS) is 16.3. The van der Waals surface area contributed by atoms with Crippen molar-refractivity contribution in [2.24, 2.45) is 0 Å². The second-order valence-electron chi connectivity index (χ2n) is 12.1. The quantitative estimate of drug-likeness (QED) is 0.181. The van der Waals surface area contributed by atoms with Gasteiger partial charge in [0.25, 0.3) is 17.7 Å². The maximum atomic E-state index is 13.8. The van der Waals surface area contributed by atoms with Crippen LogP contribution in [0.5, 0.6) is 0 Å². The molecule has 1 aromatic heterocycles. The van der Waals surface area contributed by atoms with E-state index in [4.69, 9.17) is 4.42 Å². The number of benzene rings is 3. The highest BCUT2D eigenvalue weighted by Gasteiger charge is 2.34. The lowest BCUT2D eigenvalue weighted by Crippen LogP contribution is -2.48. The average Bonchev–Trinajstić information content (AvgIpc) is 3.70. The molecular weight excluding hydrogens is 590 g/mol. The molecule has 3 N–H and O–H groups in total. The predicted octanol–water partition coefficient (Wildman–Crippen LogP) is 5.87. The maximum Gasteiger partial charge on any atom is 0.270 e. The van der Waals surface area contributed by atoms with Gasteiger partial charge in [-0.1, -0.05) is 54.6 Å². The number of carbonyl (C=O) groups is 2. The van der Waals surface area contributed by atoms with Gasteiger partial charge in [0, 0.05) is 43.2 Å². The van der Waals surface area contributed by atoms with Gasteiger partial charge < -0.3 is 25.1 Å². The second kappa shape index (κ2) is 14.3. The fourth-order valence-electron chi connectivity index (χ4n) is 5.82. The molecule has 46 heavy (non-hydrogen) atoms. The number of oxazole rings is 1. The van der Waals surface area contributed by atoms with Crippen LogP contribution < -0.4 is 10.6 Å². The smallest absolute Gasteiger partial charge is 0.270 e. The van der Waals surface area contributed by atoms with E-state index in [1.165, 1.54) is 12.1 Å². The van der Waals surface area contributed by atoms with E-state index >= 15 is 0 Å². The lowest BCUT2D eigenvalue weighted by Gasteiger charge is -2.26. The van der Waals surface area contributed by atoms with Gasteiger partial charge in [-0.2, -0.15) is 0 Å². The Morgan fingerprint density at radius 2 is 1.83 bits per heavy atom. The number of likely N-dealkylation sites (tertiary alicyclic amines) is 1. The molecule has 3 atom stereocenters. The Morgan fingerprint density at radius 3 is 2.54 bits per heavy atom. The third kappa shape index (κ3) is 8.05. The lowest BCUT2D eigenvalue weighted by molar-refractivity contribution is 0.0173. The molecule has 8 nitrogen and oxygen atoms in total. The van der Waals surface area contributed by atoms with Crippen molar-refractivity contribution in [2.75, 3.05) is 13.1 Å². The summed E-state index contributed by atoms with van der Waals surface area (Å²) in [5, 5.41) is 17.4. The summed E-state index contributed by atoms with van der Waals surface area (Å²) in [6.07, 6.45) is 2.50. The summed E-state index contributed by atoms with van der Waals surface area (Å²) in [4.78, 5) is 33.5. The molecule has 0 saturated carbocycles. The number of alkyl halides is 2. The zero-order chi connectivity index (χ0) is 32.8. The standard InChI is InChI=1S/C36H40F2N4O4/c1-23-14-15-27(35(45)42-16-8-13-31(42)34-40-24(2)22-46-34)19-29(23)33(44)41-30(18-25-9-5-4-6-10-25)32(43)21-39-20-26-11-7-12-28(17-26)36(3,37)38/h4-7,9-12,14-15,17,19,22,30-32,39,43H,8,13,16,18,20-21H2,1-3H3,(H,41,44)/t30-,31+,32+/m0/s1. The topological polar surface area (TPSA) is 108 Å². The third-order valence-corrected chi connectivity index (χ3v) is 8.36. The molecule has 1 fully saturated rings. The highest BCUT2D eigenvalue weighted by Crippen LogP contribution is 2.33. The third-order valence-electron chi connectivity index (χ3n) is 8.36. The Balaban J connectivity index is 1.29. The Kier molecular flexibility index (Phi) is 10.3. The van der Waals surface area contributed by atoms with Gasteiger partial charge in [0.15, 0.2) is 0 Å². The van der Waals surface area contributed by atoms with E-state index in [1.54, 1.807) is 48.4 Å². The first-order valence-electron chi connectivity index (χ1n) is 15.5. The first-order chi connectivity index (χ1) is 22.0. The van der Waals surface area contributed by atoms with Gasteiger partial charge in [0.05, 0.1) is 17.8 Å². The minimum atomic E-state index is -2.95. The van der Waals surface area contributed by atoms with Crippen molar-refractivity contribution in [3.63, 3.8) is 0 Å². The summed E-state index contributed by atoms with van der Waals surface area (Å²) in [5.74, 6) is -3.06. The number of aliphatic hydroxyl groups is 1. The highest BCUT2D eigenvalue weighted by molar-refractivity contribution is 6.01. The van der Waals surface area contributed by atoms with Crippen LogP contribution in [0.1, 0.15) is 80.4 Å². The molecule has 10 heteroatoms. The number of halogens is 2. The van der Waals surface area contributed by atoms with Crippen molar-refractivity contribution >= 4 is 11.8 Å². The molecule has 2 heterocycles. The van der Waals surface area contributed by atoms with Gasteiger partial charge in [-0.05, 0) is 68.0 Å². The van der Waals surface area contributed by atoms with Crippen LogP contribution in [0, 0.1) is 13.8 Å². The maximum absolute atomic E-state index is 13.8. The van der Waals surface area contributed by atoms with Crippen LogP contribution in [-0.4, -0.2) is 52.0 Å². The van der Waals surface area contributed by atoms with E-state index in [0.717, 1.165) is 31.0 Å². The molecule has 242 valence electrons. The SMILES string of the molecule is Cc1coc([C@H]2CCCN2C(=O)c2ccc(C)c(C(=O)N[C@@H](Cc3ccccc3)[C@H](O)CNCc3cccc(C(C)(F)F)c3)c2)n1. The number of nitrogens with zero attached hydrogens (tertiary/aromatic N) is 2. The molecule has 2 amide bonds. The number of aliphatic hydroxyl groups excluding tert-OH is 1. The summed E-state index contributed by atoms with van der Waals surface area (Å²) in [7, 11) is 0. The van der Waals surface area contributed by atoms with Crippen LogP contribution in [0.2, 0.25) is 0 Å². The summed E-state index contributed by atoms with van der Waals surface area (Å²) in [6.45, 7) is 5.43. The van der Waals surface area contributed by atoms with E-state index in [2.05, 4.69) is 15.6 Å². The van der Waals surface area contributed by atoms with Gasteiger partial charge in [-0.25, -0.2) is 13.8 Å². The monoisotopic (exact) mass is 630 g/mol. The average molecular weight is 631 g/mol. The van der Waals surface area contributed by atoms with Crippen molar-refractivity contribution in [3.8, 4) is 0 Å². The van der Waals surface area contributed by atoms with Crippen LogP contribution in [0.25, 0.3) is 0 Å². The van der Waals surface area contributed by atoms with Crippen molar-refractivity contribution in [1.82, 2.24) is 20.5 Å². The Morgan fingerprint density at radius 1 is 1.07 bits per heavy atom. The number of carbonyl (C=O) groups excluding carboxylic acids is 2. The minimum absolute atomic E-state index is 0.0781. The number of aryl methyl sites for hydroxylation is 2. The van der Waals surface area contributed by atoms with Gasteiger partial charge in [-0.3, -0.25) is 9.59 Å². The Bertz CT molecular complexity index is 1650. The number of aromatic nitrogens is 1. The number of hydrogen-bond donors (Lipinski definition) is 3. The fourth-order valence-corrected chi connectivity index (χ4v) is 5.82. The van der Waals surface area contributed by atoms with Crippen LogP contribution in [-0.2, 0) is 18.9 Å². The Labute approximate surface area is 267 Å². The van der Waals surface area contributed by atoms with E-state index in [-0.39, 0.29) is 30.6 Å². The van der Waals surface area contributed by atoms with Crippen LogP contribution in [0.3, 0.4) is 0 Å². The van der Waals surface area contributed by atoms with Crippen molar-refractivity contribution in [1.29, 1.82) is 0 Å². The number of rotatable bonds is 12. The van der Waals surface area contributed by atoms with Gasteiger partial charge in [0.1, 0.15) is 12.3 Å². The lowest BCUT2D eigenvalue weighted by atomic mass is 9.98. The highest BCUT2D eigenvalue weighted by atomic mass is 19.3. The molecule has 1 aliphatic heterocycles.